The van der Waals surface area contributed by atoms with E-state index in [0.717, 1.165) is 34.2 Å². The normalized spacial score (nSPS) is 15.1. The molecule has 3 rings (SSSR count). The van der Waals surface area contributed by atoms with E-state index < -0.39 is 0 Å². The van der Waals surface area contributed by atoms with Gasteiger partial charge in [0, 0.05) is 21.8 Å². The number of nitrogen functional groups attached to an aromatic ring is 1. The van der Waals surface area contributed by atoms with E-state index in [-0.39, 0.29) is 0 Å². The zero-order valence-corrected chi connectivity index (χ0v) is 10.2. The summed E-state index contributed by atoms with van der Waals surface area (Å²) in [6, 6.07) is 7.75. The van der Waals surface area contributed by atoms with Crippen LogP contribution in [-0.4, -0.2) is 10.2 Å². The standard InChI is InChI=1S/C13H14ClN3/c14-10-4-2-1-3-9(10)12-11(7-8-5-6-8)16-17-13(12)15/h1-4,8H,5-7H2,(H3,15,16,17). The molecule has 3 N–H and O–H groups in total. The van der Waals surface area contributed by atoms with Gasteiger partial charge in [-0.15, -0.1) is 0 Å². The van der Waals surface area contributed by atoms with Crippen molar-refractivity contribution in [2.45, 2.75) is 19.3 Å². The van der Waals surface area contributed by atoms with Crippen molar-refractivity contribution in [3.63, 3.8) is 0 Å². The Labute approximate surface area is 105 Å². The van der Waals surface area contributed by atoms with Crippen molar-refractivity contribution in [1.29, 1.82) is 0 Å². The first kappa shape index (κ1) is 10.7. The van der Waals surface area contributed by atoms with Gasteiger partial charge in [0.2, 0.25) is 0 Å². The average molecular weight is 248 g/mol. The Hall–Kier alpha value is -1.48. The second-order valence-corrected chi connectivity index (χ2v) is 5.00. The topological polar surface area (TPSA) is 54.7 Å². The maximum Gasteiger partial charge on any atom is 0.153 e. The number of aromatic nitrogens is 2. The number of hydrogen-bond donors (Lipinski definition) is 2. The van der Waals surface area contributed by atoms with Gasteiger partial charge in [-0.1, -0.05) is 29.8 Å². The minimum absolute atomic E-state index is 0.536. The van der Waals surface area contributed by atoms with Crippen molar-refractivity contribution in [1.82, 2.24) is 10.2 Å². The van der Waals surface area contributed by atoms with Crippen molar-refractivity contribution in [3.8, 4) is 11.1 Å². The van der Waals surface area contributed by atoms with Crippen LogP contribution in [0.2, 0.25) is 5.02 Å². The second-order valence-electron chi connectivity index (χ2n) is 4.59. The zero-order chi connectivity index (χ0) is 11.8. The summed E-state index contributed by atoms with van der Waals surface area (Å²) >= 11 is 6.21. The molecule has 88 valence electrons. The lowest BCUT2D eigenvalue weighted by molar-refractivity contribution is 0.798. The minimum Gasteiger partial charge on any atom is -0.382 e. The molecule has 17 heavy (non-hydrogen) atoms. The number of anilines is 1. The predicted molar refractivity (Wildman–Crippen MR) is 69.9 cm³/mol. The third-order valence-electron chi connectivity index (χ3n) is 3.20. The molecule has 0 amide bonds. The number of hydrogen-bond acceptors (Lipinski definition) is 2. The number of nitrogens with zero attached hydrogens (tertiary/aromatic N) is 1. The Bertz CT molecular complexity index is 543. The Morgan fingerprint density at radius 2 is 2.12 bits per heavy atom. The largest absolute Gasteiger partial charge is 0.382 e. The van der Waals surface area contributed by atoms with Gasteiger partial charge in [0.1, 0.15) is 0 Å². The van der Waals surface area contributed by atoms with Gasteiger partial charge in [-0.05, 0) is 31.2 Å². The predicted octanol–water partition coefficient (Wildman–Crippen LogP) is 3.26. The van der Waals surface area contributed by atoms with Crippen molar-refractivity contribution in [3.05, 3.63) is 35.0 Å². The number of nitrogens with two attached hydrogens (primary N) is 1. The van der Waals surface area contributed by atoms with E-state index >= 15 is 0 Å². The summed E-state index contributed by atoms with van der Waals surface area (Å²) in [6.07, 6.45) is 3.63. The lowest BCUT2D eigenvalue weighted by Crippen LogP contribution is -1.93. The summed E-state index contributed by atoms with van der Waals surface area (Å²) in [5.74, 6) is 1.32. The summed E-state index contributed by atoms with van der Waals surface area (Å²) < 4.78 is 0. The molecule has 1 aliphatic rings. The fraction of sp³-hybridized carbons (Fsp3) is 0.308. The van der Waals surface area contributed by atoms with E-state index in [1.807, 2.05) is 24.3 Å². The maximum absolute atomic E-state index is 6.21. The highest BCUT2D eigenvalue weighted by molar-refractivity contribution is 6.33. The molecule has 0 spiro atoms. The molecule has 1 heterocycles. The van der Waals surface area contributed by atoms with Crippen LogP contribution in [0.1, 0.15) is 18.5 Å². The van der Waals surface area contributed by atoms with E-state index in [4.69, 9.17) is 17.3 Å². The quantitative estimate of drug-likeness (QED) is 0.875. The molecule has 0 atom stereocenters. The molecule has 3 nitrogen and oxygen atoms in total. The molecule has 1 saturated carbocycles. The number of nitrogens with one attached hydrogen (secondary N) is 1. The molecular formula is C13H14ClN3. The van der Waals surface area contributed by atoms with E-state index in [2.05, 4.69) is 10.2 Å². The number of H-pyrrole nitrogens is 1. The maximum atomic E-state index is 6.21. The SMILES string of the molecule is Nc1n[nH]c(CC2CC2)c1-c1ccccc1Cl. The molecule has 1 aromatic heterocycles. The highest BCUT2D eigenvalue weighted by Crippen LogP contribution is 2.38. The third-order valence-corrected chi connectivity index (χ3v) is 3.53. The fourth-order valence-electron chi connectivity index (χ4n) is 2.12. The van der Waals surface area contributed by atoms with E-state index in [1.54, 1.807) is 0 Å². The van der Waals surface area contributed by atoms with Crippen molar-refractivity contribution in [2.75, 3.05) is 5.73 Å². The molecule has 1 aliphatic carbocycles. The Balaban J connectivity index is 2.06. The summed E-state index contributed by atoms with van der Waals surface area (Å²) in [6.45, 7) is 0. The molecule has 0 unspecified atom stereocenters. The van der Waals surface area contributed by atoms with Crippen LogP contribution >= 0.6 is 11.6 Å². The second kappa shape index (κ2) is 4.08. The van der Waals surface area contributed by atoms with Crippen LogP contribution in [0.15, 0.2) is 24.3 Å². The van der Waals surface area contributed by atoms with Crippen LogP contribution < -0.4 is 5.73 Å². The Morgan fingerprint density at radius 1 is 1.35 bits per heavy atom. The highest BCUT2D eigenvalue weighted by Gasteiger charge is 2.25. The number of rotatable bonds is 3. The van der Waals surface area contributed by atoms with Gasteiger partial charge in [-0.25, -0.2) is 0 Å². The van der Waals surface area contributed by atoms with Gasteiger partial charge < -0.3 is 5.73 Å². The van der Waals surface area contributed by atoms with E-state index in [9.17, 15) is 0 Å². The molecule has 0 saturated heterocycles. The molecular weight excluding hydrogens is 234 g/mol. The Morgan fingerprint density at radius 3 is 2.82 bits per heavy atom. The average Bonchev–Trinajstić information content (AvgIpc) is 3.05. The molecule has 1 aromatic carbocycles. The molecule has 0 bridgehead atoms. The fourth-order valence-corrected chi connectivity index (χ4v) is 2.35. The molecule has 1 fully saturated rings. The minimum atomic E-state index is 0.536. The summed E-state index contributed by atoms with van der Waals surface area (Å²) in [4.78, 5) is 0. The number of halogens is 1. The van der Waals surface area contributed by atoms with Crippen LogP contribution in [0.4, 0.5) is 5.82 Å². The first-order valence-corrected chi connectivity index (χ1v) is 6.21. The Kier molecular flexibility index (Phi) is 2.56. The molecule has 0 aliphatic heterocycles. The lowest BCUT2D eigenvalue weighted by Gasteiger charge is -2.05. The summed E-state index contributed by atoms with van der Waals surface area (Å²) in [5.41, 5.74) is 8.99. The van der Waals surface area contributed by atoms with Crippen LogP contribution in [0.5, 0.6) is 0 Å². The lowest BCUT2D eigenvalue weighted by atomic mass is 10.0. The molecule has 2 aromatic rings. The molecule has 4 heteroatoms. The number of benzene rings is 1. The number of aromatic amines is 1. The monoisotopic (exact) mass is 247 g/mol. The van der Waals surface area contributed by atoms with Crippen LogP contribution in [-0.2, 0) is 6.42 Å². The van der Waals surface area contributed by atoms with Crippen molar-refractivity contribution in [2.24, 2.45) is 5.92 Å². The van der Waals surface area contributed by atoms with Crippen LogP contribution in [0.3, 0.4) is 0 Å². The van der Waals surface area contributed by atoms with Gasteiger partial charge in [-0.2, -0.15) is 5.10 Å². The molecule has 0 radical (unpaired) electrons. The van der Waals surface area contributed by atoms with Crippen molar-refractivity contribution >= 4 is 17.4 Å². The zero-order valence-electron chi connectivity index (χ0n) is 9.41. The highest BCUT2D eigenvalue weighted by atomic mass is 35.5. The smallest absolute Gasteiger partial charge is 0.153 e. The third kappa shape index (κ3) is 2.03. The van der Waals surface area contributed by atoms with Gasteiger partial charge in [0.15, 0.2) is 5.82 Å². The van der Waals surface area contributed by atoms with Gasteiger partial charge in [0.05, 0.1) is 0 Å². The first-order valence-electron chi connectivity index (χ1n) is 5.83. The van der Waals surface area contributed by atoms with Gasteiger partial charge in [-0.3, -0.25) is 5.10 Å². The van der Waals surface area contributed by atoms with Crippen LogP contribution in [0.25, 0.3) is 11.1 Å². The first-order chi connectivity index (χ1) is 8.25. The summed E-state index contributed by atoms with van der Waals surface area (Å²) in [5, 5.41) is 7.87. The van der Waals surface area contributed by atoms with Crippen LogP contribution in [0, 0.1) is 5.92 Å². The summed E-state index contributed by atoms with van der Waals surface area (Å²) in [7, 11) is 0. The van der Waals surface area contributed by atoms with Gasteiger partial charge >= 0.3 is 0 Å². The van der Waals surface area contributed by atoms with E-state index in [0.29, 0.717) is 5.82 Å². The van der Waals surface area contributed by atoms with Gasteiger partial charge in [0.25, 0.3) is 0 Å². The van der Waals surface area contributed by atoms with Crippen molar-refractivity contribution < 1.29 is 0 Å². The van der Waals surface area contributed by atoms with E-state index in [1.165, 1.54) is 12.8 Å².